The Morgan fingerprint density at radius 2 is 1.08 bits per heavy atom. The van der Waals surface area contributed by atoms with Crippen molar-refractivity contribution in [2.75, 3.05) is 29.1 Å². The van der Waals surface area contributed by atoms with Gasteiger partial charge in [0.25, 0.3) is 5.69 Å². The summed E-state index contributed by atoms with van der Waals surface area (Å²) in [5.74, 6) is 0.576. The molecule has 13 nitrogen and oxygen atoms in total. The van der Waals surface area contributed by atoms with Crippen LogP contribution in [-0.4, -0.2) is 51.9 Å². The van der Waals surface area contributed by atoms with Gasteiger partial charge in [-0.15, -0.1) is 0 Å². The summed E-state index contributed by atoms with van der Waals surface area (Å²) < 4.78 is 80.4. The van der Waals surface area contributed by atoms with E-state index in [-0.39, 0.29) is 18.1 Å². The van der Waals surface area contributed by atoms with Crippen LogP contribution in [0.15, 0.2) is 122 Å². The molecule has 0 aliphatic rings. The molecule has 0 saturated heterocycles. The lowest BCUT2D eigenvalue weighted by Crippen LogP contribution is -2.07. The highest BCUT2D eigenvalue weighted by atomic mass is 19.4. The predicted octanol–water partition coefficient (Wildman–Crippen LogP) is 10.2. The van der Waals surface area contributed by atoms with Gasteiger partial charge in [-0.05, 0) is 92.7 Å². The summed E-state index contributed by atoms with van der Waals surface area (Å²) in [5, 5.41) is 29.6. The zero-order valence-electron chi connectivity index (χ0n) is 32.1. The van der Waals surface area contributed by atoms with Gasteiger partial charge in [0.15, 0.2) is 0 Å². The standard InChI is InChI=1S/C22H20F3N5O.C20H14F3N5O2/c1-14-21(30-10-3-2-4-20(30)27-14)18-12-17(26-9-11-31)13-19(29-18)28-16-7-5-15(6-8-16)22(23,24)25;1-12-19(27-9-3-2-4-18(27)24-12)16-10-15(28(29)30)11-17(26-16)25-14-7-5-13(6-8-14)20(21,22)23/h2-8,10,12-13,31H,9,11H2,1H3,(H2,26,28,29);2-11H,1H3,(H,25,26). The van der Waals surface area contributed by atoms with Gasteiger partial charge in [0.1, 0.15) is 22.9 Å². The monoisotopic (exact) mass is 840 g/mol. The quantitative estimate of drug-likeness (QED) is 0.0593. The zero-order valence-corrected chi connectivity index (χ0v) is 32.1. The van der Waals surface area contributed by atoms with Gasteiger partial charge in [0.05, 0.1) is 62.9 Å². The number of rotatable bonds is 10. The third kappa shape index (κ3) is 9.52. The molecular weight excluding hydrogens is 807 g/mol. The molecule has 0 atom stereocenters. The van der Waals surface area contributed by atoms with Crippen molar-refractivity contribution in [3.8, 4) is 22.8 Å². The first kappa shape index (κ1) is 41.6. The maximum atomic E-state index is 12.8. The summed E-state index contributed by atoms with van der Waals surface area (Å²) in [4.78, 5) is 29.0. The van der Waals surface area contributed by atoms with E-state index in [2.05, 4.69) is 35.9 Å². The molecule has 0 spiro atoms. The van der Waals surface area contributed by atoms with Gasteiger partial charge in [-0.3, -0.25) is 18.9 Å². The minimum absolute atomic E-state index is 0.0477. The van der Waals surface area contributed by atoms with Crippen molar-refractivity contribution in [1.82, 2.24) is 28.7 Å². The van der Waals surface area contributed by atoms with E-state index in [4.69, 9.17) is 5.11 Å². The molecule has 2 aromatic carbocycles. The van der Waals surface area contributed by atoms with Crippen LogP contribution in [0.1, 0.15) is 22.5 Å². The lowest BCUT2D eigenvalue weighted by molar-refractivity contribution is -0.384. The number of aliphatic hydroxyl groups is 1. The number of nitrogens with zero attached hydrogens (tertiary/aromatic N) is 7. The van der Waals surface area contributed by atoms with Crippen LogP contribution < -0.4 is 16.0 Å². The van der Waals surface area contributed by atoms with Crippen molar-refractivity contribution in [2.45, 2.75) is 26.2 Å². The van der Waals surface area contributed by atoms with Crippen molar-refractivity contribution < 1.29 is 36.4 Å². The highest BCUT2D eigenvalue weighted by Crippen LogP contribution is 2.34. The van der Waals surface area contributed by atoms with E-state index < -0.39 is 28.4 Å². The van der Waals surface area contributed by atoms with Crippen LogP contribution in [0.2, 0.25) is 0 Å². The van der Waals surface area contributed by atoms with Crippen molar-refractivity contribution in [1.29, 1.82) is 0 Å². The summed E-state index contributed by atoms with van der Waals surface area (Å²) in [6.07, 6.45) is -5.17. The second-order valence-corrected chi connectivity index (χ2v) is 13.5. The molecule has 6 aromatic heterocycles. The van der Waals surface area contributed by atoms with E-state index in [1.807, 2.05) is 47.9 Å². The number of aliphatic hydroxyl groups excluding tert-OH is 1. The molecule has 0 fully saturated rings. The average Bonchev–Trinajstić information content (AvgIpc) is 3.74. The number of alkyl halides is 6. The van der Waals surface area contributed by atoms with E-state index in [0.29, 0.717) is 57.8 Å². The van der Waals surface area contributed by atoms with Crippen LogP contribution in [0.5, 0.6) is 0 Å². The third-order valence-electron chi connectivity index (χ3n) is 9.15. The molecule has 0 radical (unpaired) electrons. The van der Waals surface area contributed by atoms with Crippen LogP contribution in [0.4, 0.5) is 60.7 Å². The van der Waals surface area contributed by atoms with E-state index >= 15 is 0 Å². The predicted molar refractivity (Wildman–Crippen MR) is 218 cm³/mol. The molecule has 8 rings (SSSR count). The summed E-state index contributed by atoms with van der Waals surface area (Å²) in [6.45, 7) is 3.95. The largest absolute Gasteiger partial charge is 0.416 e. The first-order chi connectivity index (χ1) is 29.1. The molecule has 6 heterocycles. The van der Waals surface area contributed by atoms with Crippen LogP contribution in [0, 0.1) is 24.0 Å². The maximum Gasteiger partial charge on any atom is 0.416 e. The van der Waals surface area contributed by atoms with E-state index in [0.717, 1.165) is 41.3 Å². The lowest BCUT2D eigenvalue weighted by Gasteiger charge is -2.13. The van der Waals surface area contributed by atoms with Crippen LogP contribution >= 0.6 is 0 Å². The molecule has 0 aliphatic carbocycles. The Bertz CT molecular complexity index is 2840. The summed E-state index contributed by atoms with van der Waals surface area (Å²) >= 11 is 0. The van der Waals surface area contributed by atoms with E-state index in [1.165, 1.54) is 36.4 Å². The summed E-state index contributed by atoms with van der Waals surface area (Å²) in [5.41, 5.74) is 4.99. The number of hydrogen-bond acceptors (Lipinski definition) is 10. The van der Waals surface area contributed by atoms with Crippen molar-refractivity contribution in [3.05, 3.63) is 154 Å². The van der Waals surface area contributed by atoms with Crippen molar-refractivity contribution >= 4 is 45.7 Å². The van der Waals surface area contributed by atoms with Gasteiger partial charge in [-0.2, -0.15) is 26.3 Å². The number of fused-ring (bicyclic) bond motifs is 2. The Labute approximate surface area is 342 Å². The molecule has 8 aromatic rings. The number of pyridine rings is 4. The van der Waals surface area contributed by atoms with Gasteiger partial charge >= 0.3 is 12.4 Å². The number of benzene rings is 2. The fourth-order valence-corrected chi connectivity index (χ4v) is 6.45. The maximum absolute atomic E-state index is 12.8. The molecule has 0 aliphatic heterocycles. The Balaban J connectivity index is 0.000000184. The first-order valence-electron chi connectivity index (χ1n) is 18.4. The molecule has 0 amide bonds. The molecule has 0 unspecified atom stereocenters. The van der Waals surface area contributed by atoms with E-state index in [9.17, 15) is 36.5 Å². The number of nitro groups is 1. The SMILES string of the molecule is Cc1nc2ccccn2c1-c1cc(NCCO)cc(Nc2ccc(C(F)(F)F)cc2)n1.Cc1nc2ccccn2c1-c1cc([N+](=O)[O-])cc(Nc2ccc(C(F)(F)F)cc2)n1. The molecule has 4 N–H and O–H groups in total. The highest BCUT2D eigenvalue weighted by Gasteiger charge is 2.31. The number of halogens is 6. The second-order valence-electron chi connectivity index (χ2n) is 13.5. The van der Waals surface area contributed by atoms with Gasteiger partial charge in [0.2, 0.25) is 0 Å². The topological polar surface area (TPSA) is 160 Å². The molecule has 0 bridgehead atoms. The third-order valence-corrected chi connectivity index (χ3v) is 9.15. The first-order valence-corrected chi connectivity index (χ1v) is 18.4. The van der Waals surface area contributed by atoms with Crippen molar-refractivity contribution in [2.24, 2.45) is 0 Å². The fraction of sp³-hybridized carbons (Fsp3) is 0.143. The van der Waals surface area contributed by atoms with Gasteiger partial charge in [-0.1, -0.05) is 12.1 Å². The molecule has 19 heteroatoms. The normalized spacial score (nSPS) is 11.6. The zero-order chi connectivity index (χ0) is 43.5. The minimum atomic E-state index is -4.45. The number of nitrogens with one attached hydrogen (secondary N) is 3. The van der Waals surface area contributed by atoms with E-state index in [1.54, 1.807) is 35.7 Å². The number of imidazole rings is 2. The van der Waals surface area contributed by atoms with Gasteiger partial charge in [-0.25, -0.2) is 19.9 Å². The molecule has 312 valence electrons. The number of anilines is 5. The molecule has 61 heavy (non-hydrogen) atoms. The number of aryl methyl sites for hydroxylation is 2. The fourth-order valence-electron chi connectivity index (χ4n) is 6.45. The van der Waals surface area contributed by atoms with Crippen molar-refractivity contribution in [3.63, 3.8) is 0 Å². The number of hydrogen-bond donors (Lipinski definition) is 4. The highest BCUT2D eigenvalue weighted by molar-refractivity contribution is 5.73. The Hall–Kier alpha value is -7.54. The Kier molecular flexibility index (Phi) is 11.6. The molecule has 0 saturated carbocycles. The van der Waals surface area contributed by atoms with Gasteiger partial charge in [0, 0.05) is 48.1 Å². The van der Waals surface area contributed by atoms with Crippen LogP contribution in [0.25, 0.3) is 34.1 Å². The summed E-state index contributed by atoms with van der Waals surface area (Å²) in [7, 11) is 0. The minimum Gasteiger partial charge on any atom is -0.395 e. The van der Waals surface area contributed by atoms with Gasteiger partial charge < -0.3 is 21.1 Å². The number of aromatic nitrogens is 6. The molecular formula is C42H34F6N10O3. The lowest BCUT2D eigenvalue weighted by atomic mass is 10.2. The average molecular weight is 841 g/mol. The van der Waals surface area contributed by atoms with Crippen LogP contribution in [-0.2, 0) is 12.4 Å². The smallest absolute Gasteiger partial charge is 0.395 e. The summed E-state index contributed by atoms with van der Waals surface area (Å²) in [6, 6.07) is 26.3. The van der Waals surface area contributed by atoms with Crippen LogP contribution in [0.3, 0.4) is 0 Å². The Morgan fingerprint density at radius 1 is 0.623 bits per heavy atom. The second kappa shape index (κ2) is 17.0. The Morgan fingerprint density at radius 3 is 1.52 bits per heavy atom.